The molecule has 1 aliphatic carbocycles. The van der Waals surface area contributed by atoms with E-state index in [0.29, 0.717) is 12.6 Å². The summed E-state index contributed by atoms with van der Waals surface area (Å²) in [6, 6.07) is 0.436. The van der Waals surface area contributed by atoms with E-state index >= 15 is 0 Å². The first kappa shape index (κ1) is 15.0. The molecule has 0 radical (unpaired) electrons. The highest BCUT2D eigenvalue weighted by molar-refractivity contribution is 5.78. The number of rotatable bonds is 5. The molecule has 1 atom stereocenters. The van der Waals surface area contributed by atoms with Crippen LogP contribution in [0.3, 0.4) is 0 Å². The van der Waals surface area contributed by atoms with Crippen molar-refractivity contribution in [2.75, 3.05) is 6.54 Å². The lowest BCUT2D eigenvalue weighted by atomic mass is 9.95. The second-order valence-corrected chi connectivity index (χ2v) is 5.74. The van der Waals surface area contributed by atoms with Gasteiger partial charge in [0.05, 0.1) is 12.2 Å². The van der Waals surface area contributed by atoms with Crippen molar-refractivity contribution in [1.82, 2.24) is 15.8 Å². The van der Waals surface area contributed by atoms with Crippen LogP contribution in [-0.4, -0.2) is 23.7 Å². The molecule has 1 aromatic rings. The zero-order valence-electron chi connectivity index (χ0n) is 12.7. The number of carbonyl (C=O) groups excluding carboxylic acids is 1. The van der Waals surface area contributed by atoms with Gasteiger partial charge in [-0.1, -0.05) is 24.4 Å². The largest absolute Gasteiger partial charge is 0.361 e. The molecule has 20 heavy (non-hydrogen) atoms. The van der Waals surface area contributed by atoms with E-state index in [1.54, 1.807) is 0 Å². The van der Waals surface area contributed by atoms with E-state index < -0.39 is 0 Å². The standard InChI is InChI=1S/C15H25N3O2/c1-10(15-11(2)18-20-12(15)3)16-9-14(19)17-13-7-5-4-6-8-13/h10,13,16H,4-9H2,1-3H3,(H,17,19). The Morgan fingerprint density at radius 2 is 2.05 bits per heavy atom. The van der Waals surface area contributed by atoms with Crippen molar-refractivity contribution in [3.63, 3.8) is 0 Å². The smallest absolute Gasteiger partial charge is 0.234 e. The molecule has 1 heterocycles. The van der Waals surface area contributed by atoms with Crippen molar-refractivity contribution < 1.29 is 9.32 Å². The summed E-state index contributed by atoms with van der Waals surface area (Å²) in [5, 5.41) is 10.3. The third-order valence-electron chi connectivity index (χ3n) is 4.06. The summed E-state index contributed by atoms with van der Waals surface area (Å²) in [4.78, 5) is 11.9. The van der Waals surface area contributed by atoms with Crippen molar-refractivity contribution in [3.05, 3.63) is 17.0 Å². The molecular formula is C15H25N3O2. The van der Waals surface area contributed by atoms with Gasteiger partial charge in [0.2, 0.25) is 5.91 Å². The Kier molecular flexibility index (Phi) is 5.17. The minimum absolute atomic E-state index is 0.0679. The highest BCUT2D eigenvalue weighted by atomic mass is 16.5. The number of aryl methyl sites for hydroxylation is 2. The number of carbonyl (C=O) groups is 1. The van der Waals surface area contributed by atoms with Gasteiger partial charge < -0.3 is 15.2 Å². The fraction of sp³-hybridized carbons (Fsp3) is 0.733. The molecule has 2 N–H and O–H groups in total. The summed E-state index contributed by atoms with van der Waals surface area (Å²) in [6.07, 6.45) is 5.99. The minimum Gasteiger partial charge on any atom is -0.361 e. The van der Waals surface area contributed by atoms with Crippen LogP contribution in [0.25, 0.3) is 0 Å². The van der Waals surface area contributed by atoms with Crippen LogP contribution in [0.4, 0.5) is 0 Å². The summed E-state index contributed by atoms with van der Waals surface area (Å²) < 4.78 is 5.15. The zero-order valence-corrected chi connectivity index (χ0v) is 12.7. The molecule has 1 amide bonds. The first-order chi connectivity index (χ1) is 9.58. The molecule has 1 aliphatic rings. The number of hydrogen-bond donors (Lipinski definition) is 2. The first-order valence-electron chi connectivity index (χ1n) is 7.53. The highest BCUT2D eigenvalue weighted by Crippen LogP contribution is 2.20. The Morgan fingerprint density at radius 3 is 2.65 bits per heavy atom. The van der Waals surface area contributed by atoms with E-state index in [1.807, 2.05) is 20.8 Å². The second kappa shape index (κ2) is 6.88. The monoisotopic (exact) mass is 279 g/mol. The van der Waals surface area contributed by atoms with E-state index in [-0.39, 0.29) is 11.9 Å². The number of aromatic nitrogens is 1. The maximum atomic E-state index is 11.9. The fourth-order valence-corrected chi connectivity index (χ4v) is 2.98. The first-order valence-corrected chi connectivity index (χ1v) is 7.53. The van der Waals surface area contributed by atoms with Crippen LogP contribution in [0.15, 0.2) is 4.52 Å². The van der Waals surface area contributed by atoms with Gasteiger partial charge in [-0.2, -0.15) is 0 Å². The van der Waals surface area contributed by atoms with Gasteiger partial charge in [-0.25, -0.2) is 0 Å². The lowest BCUT2D eigenvalue weighted by molar-refractivity contribution is -0.121. The van der Waals surface area contributed by atoms with Crippen LogP contribution < -0.4 is 10.6 Å². The van der Waals surface area contributed by atoms with Crippen molar-refractivity contribution in [2.45, 2.75) is 65.0 Å². The van der Waals surface area contributed by atoms with Gasteiger partial charge in [0.15, 0.2) is 0 Å². The van der Waals surface area contributed by atoms with Gasteiger partial charge in [0, 0.05) is 17.6 Å². The molecule has 1 fully saturated rings. The fourth-order valence-electron chi connectivity index (χ4n) is 2.98. The molecule has 2 rings (SSSR count). The Labute approximate surface area is 120 Å². The SMILES string of the molecule is Cc1noc(C)c1C(C)NCC(=O)NC1CCCCC1. The quantitative estimate of drug-likeness (QED) is 0.868. The van der Waals surface area contributed by atoms with Crippen molar-refractivity contribution in [3.8, 4) is 0 Å². The van der Waals surface area contributed by atoms with Crippen LogP contribution in [-0.2, 0) is 4.79 Å². The molecule has 1 saturated carbocycles. The molecule has 112 valence electrons. The van der Waals surface area contributed by atoms with Crippen molar-refractivity contribution in [2.24, 2.45) is 0 Å². The van der Waals surface area contributed by atoms with E-state index in [2.05, 4.69) is 15.8 Å². The molecule has 0 spiro atoms. The topological polar surface area (TPSA) is 67.2 Å². The van der Waals surface area contributed by atoms with Gasteiger partial charge in [-0.05, 0) is 33.6 Å². The maximum Gasteiger partial charge on any atom is 0.234 e. The van der Waals surface area contributed by atoms with Gasteiger partial charge in [0.1, 0.15) is 5.76 Å². The zero-order chi connectivity index (χ0) is 14.5. The summed E-state index contributed by atoms with van der Waals surface area (Å²) in [5.74, 6) is 0.894. The number of amides is 1. The van der Waals surface area contributed by atoms with Crippen molar-refractivity contribution >= 4 is 5.91 Å². The van der Waals surface area contributed by atoms with E-state index in [4.69, 9.17) is 4.52 Å². The lowest BCUT2D eigenvalue weighted by Gasteiger charge is -2.23. The van der Waals surface area contributed by atoms with Gasteiger partial charge in [-0.3, -0.25) is 4.79 Å². The van der Waals surface area contributed by atoms with Crippen LogP contribution >= 0.6 is 0 Å². The lowest BCUT2D eigenvalue weighted by Crippen LogP contribution is -2.41. The van der Waals surface area contributed by atoms with Gasteiger partial charge in [0.25, 0.3) is 0 Å². The molecule has 0 aromatic carbocycles. The molecule has 0 saturated heterocycles. The second-order valence-electron chi connectivity index (χ2n) is 5.74. The molecule has 5 nitrogen and oxygen atoms in total. The summed E-state index contributed by atoms with van der Waals surface area (Å²) in [7, 11) is 0. The average molecular weight is 279 g/mol. The van der Waals surface area contributed by atoms with Crippen LogP contribution in [0.2, 0.25) is 0 Å². The number of nitrogens with one attached hydrogen (secondary N) is 2. The van der Waals surface area contributed by atoms with E-state index in [0.717, 1.165) is 29.9 Å². The van der Waals surface area contributed by atoms with Gasteiger partial charge >= 0.3 is 0 Å². The third-order valence-corrected chi connectivity index (χ3v) is 4.06. The van der Waals surface area contributed by atoms with E-state index in [9.17, 15) is 4.79 Å². The van der Waals surface area contributed by atoms with Crippen LogP contribution in [0.1, 0.15) is 62.1 Å². The van der Waals surface area contributed by atoms with Crippen LogP contribution in [0.5, 0.6) is 0 Å². The minimum atomic E-state index is 0.0679. The molecular weight excluding hydrogens is 254 g/mol. The predicted molar refractivity (Wildman–Crippen MR) is 77.4 cm³/mol. The van der Waals surface area contributed by atoms with E-state index in [1.165, 1.54) is 19.3 Å². The normalized spacial score (nSPS) is 17.9. The van der Waals surface area contributed by atoms with Crippen molar-refractivity contribution in [1.29, 1.82) is 0 Å². The number of nitrogens with zero attached hydrogens (tertiary/aromatic N) is 1. The number of hydrogen-bond acceptors (Lipinski definition) is 4. The Morgan fingerprint density at radius 1 is 1.35 bits per heavy atom. The molecule has 0 bridgehead atoms. The summed E-state index contributed by atoms with van der Waals surface area (Å²) in [5.41, 5.74) is 1.94. The summed E-state index contributed by atoms with van der Waals surface area (Å²) >= 11 is 0. The summed E-state index contributed by atoms with van der Waals surface area (Å²) in [6.45, 7) is 6.18. The Bertz CT molecular complexity index is 430. The molecule has 5 heteroatoms. The third kappa shape index (κ3) is 3.82. The molecule has 1 unspecified atom stereocenters. The Balaban J connectivity index is 1.78. The predicted octanol–water partition coefficient (Wildman–Crippen LogP) is 2.39. The molecule has 0 aliphatic heterocycles. The van der Waals surface area contributed by atoms with Crippen LogP contribution in [0, 0.1) is 13.8 Å². The molecule has 1 aromatic heterocycles. The highest BCUT2D eigenvalue weighted by Gasteiger charge is 2.18. The maximum absolute atomic E-state index is 11.9. The average Bonchev–Trinajstić information content (AvgIpc) is 2.77. The van der Waals surface area contributed by atoms with Gasteiger partial charge in [-0.15, -0.1) is 0 Å². The Hall–Kier alpha value is -1.36.